The number of aromatic nitrogens is 2. The van der Waals surface area contributed by atoms with Crippen LogP contribution >= 0.6 is 0 Å². The molecule has 2 aliphatic rings. The number of anilines is 1. The zero-order valence-electron chi connectivity index (χ0n) is 12.6. The van der Waals surface area contributed by atoms with Crippen LogP contribution in [0.2, 0.25) is 0 Å². The highest BCUT2D eigenvalue weighted by Crippen LogP contribution is 2.36. The summed E-state index contributed by atoms with van der Waals surface area (Å²) in [6, 6.07) is 2.21. The molecule has 1 saturated heterocycles. The second-order valence-corrected chi connectivity index (χ2v) is 6.23. The second kappa shape index (κ2) is 6.08. The molecule has 2 heterocycles. The van der Waals surface area contributed by atoms with E-state index in [-0.39, 0.29) is 0 Å². The van der Waals surface area contributed by atoms with E-state index in [0.717, 1.165) is 38.3 Å². The number of piperazine rings is 1. The van der Waals surface area contributed by atoms with Gasteiger partial charge in [-0.15, -0.1) is 0 Å². The molecule has 0 radical (unpaired) electrons. The van der Waals surface area contributed by atoms with E-state index in [2.05, 4.69) is 33.2 Å². The summed E-state index contributed by atoms with van der Waals surface area (Å²) in [5.41, 5.74) is 1.48. The average molecular weight is 274 g/mol. The molecule has 0 amide bonds. The molecule has 3 rings (SSSR count). The molecule has 1 N–H and O–H groups in total. The van der Waals surface area contributed by atoms with Gasteiger partial charge in [0.25, 0.3) is 0 Å². The number of aryl methyl sites for hydroxylation is 1. The summed E-state index contributed by atoms with van der Waals surface area (Å²) in [5.74, 6) is 1.15. The van der Waals surface area contributed by atoms with Crippen LogP contribution in [0.5, 0.6) is 0 Å². The van der Waals surface area contributed by atoms with Crippen LogP contribution in [-0.2, 0) is 6.42 Å². The van der Waals surface area contributed by atoms with E-state index in [1.807, 2.05) is 0 Å². The van der Waals surface area contributed by atoms with Crippen molar-refractivity contribution in [3.63, 3.8) is 0 Å². The third kappa shape index (κ3) is 2.66. The van der Waals surface area contributed by atoms with Crippen LogP contribution < -0.4 is 10.2 Å². The van der Waals surface area contributed by atoms with Crippen molar-refractivity contribution in [3.05, 3.63) is 18.1 Å². The van der Waals surface area contributed by atoms with Gasteiger partial charge in [-0.05, 0) is 19.3 Å². The number of nitrogens with zero attached hydrogens (tertiary/aromatic N) is 3. The Morgan fingerprint density at radius 1 is 1.25 bits per heavy atom. The lowest BCUT2D eigenvalue weighted by atomic mass is 9.79. The van der Waals surface area contributed by atoms with Gasteiger partial charge in [0.1, 0.15) is 12.1 Å². The van der Waals surface area contributed by atoms with E-state index in [4.69, 9.17) is 0 Å². The van der Waals surface area contributed by atoms with Crippen molar-refractivity contribution in [2.24, 2.45) is 0 Å². The highest BCUT2D eigenvalue weighted by molar-refractivity contribution is 5.44. The number of hydrogen-bond donors (Lipinski definition) is 1. The molecule has 0 unspecified atom stereocenters. The van der Waals surface area contributed by atoms with Gasteiger partial charge in [-0.2, -0.15) is 0 Å². The number of nitrogens with one attached hydrogen (secondary N) is 1. The predicted octanol–water partition coefficient (Wildman–Crippen LogP) is 2.54. The highest BCUT2D eigenvalue weighted by Gasteiger charge is 2.40. The SMILES string of the molecule is CCCc1cc(N2CCNCC23CCCCC3)ncn1. The van der Waals surface area contributed by atoms with E-state index in [1.165, 1.54) is 37.8 Å². The molecule has 1 aliphatic carbocycles. The maximum absolute atomic E-state index is 4.58. The summed E-state index contributed by atoms with van der Waals surface area (Å²) in [7, 11) is 0. The fourth-order valence-corrected chi connectivity index (χ4v) is 3.78. The van der Waals surface area contributed by atoms with Gasteiger partial charge in [-0.1, -0.05) is 32.6 Å². The van der Waals surface area contributed by atoms with Gasteiger partial charge in [-0.25, -0.2) is 9.97 Å². The fourth-order valence-electron chi connectivity index (χ4n) is 3.78. The first-order chi connectivity index (χ1) is 9.84. The molecule has 0 bridgehead atoms. The van der Waals surface area contributed by atoms with Crippen LogP contribution in [0.4, 0.5) is 5.82 Å². The zero-order chi connectivity index (χ0) is 13.8. The molecule has 1 aromatic rings. The smallest absolute Gasteiger partial charge is 0.132 e. The summed E-state index contributed by atoms with van der Waals surface area (Å²) in [4.78, 5) is 11.6. The molecule has 110 valence electrons. The Morgan fingerprint density at radius 3 is 2.90 bits per heavy atom. The van der Waals surface area contributed by atoms with Crippen LogP contribution in [0.25, 0.3) is 0 Å². The third-order valence-electron chi connectivity index (χ3n) is 4.82. The summed E-state index contributed by atoms with van der Waals surface area (Å²) < 4.78 is 0. The predicted molar refractivity (Wildman–Crippen MR) is 82.1 cm³/mol. The maximum Gasteiger partial charge on any atom is 0.132 e. The minimum atomic E-state index is 0.300. The van der Waals surface area contributed by atoms with Crippen molar-refractivity contribution in [1.29, 1.82) is 0 Å². The molecule has 0 aromatic carbocycles. The molecule has 2 fully saturated rings. The molecular formula is C16H26N4. The lowest BCUT2D eigenvalue weighted by molar-refractivity contribution is 0.239. The van der Waals surface area contributed by atoms with Gasteiger partial charge < -0.3 is 10.2 Å². The van der Waals surface area contributed by atoms with E-state index >= 15 is 0 Å². The summed E-state index contributed by atoms with van der Waals surface area (Å²) in [5, 5.41) is 3.60. The minimum absolute atomic E-state index is 0.300. The van der Waals surface area contributed by atoms with Gasteiger partial charge in [0, 0.05) is 31.4 Å². The number of hydrogen-bond acceptors (Lipinski definition) is 4. The Labute approximate surface area is 122 Å². The van der Waals surface area contributed by atoms with Gasteiger partial charge >= 0.3 is 0 Å². The first-order valence-corrected chi connectivity index (χ1v) is 8.13. The van der Waals surface area contributed by atoms with Crippen molar-refractivity contribution in [3.8, 4) is 0 Å². The normalized spacial score (nSPS) is 22.1. The Hall–Kier alpha value is -1.16. The first kappa shape index (κ1) is 13.8. The Kier molecular flexibility index (Phi) is 4.20. The topological polar surface area (TPSA) is 41.0 Å². The van der Waals surface area contributed by atoms with E-state index in [0.29, 0.717) is 5.54 Å². The zero-order valence-corrected chi connectivity index (χ0v) is 12.6. The lowest BCUT2D eigenvalue weighted by Gasteiger charge is -2.50. The molecule has 20 heavy (non-hydrogen) atoms. The standard InChI is InChI=1S/C16H26N4/c1-2-6-14-11-15(19-13-18-14)20-10-9-17-12-16(20)7-4-3-5-8-16/h11,13,17H,2-10,12H2,1H3. The largest absolute Gasteiger partial charge is 0.348 e. The molecule has 1 saturated carbocycles. The van der Waals surface area contributed by atoms with Crippen LogP contribution in [0.1, 0.15) is 51.1 Å². The van der Waals surface area contributed by atoms with E-state index < -0.39 is 0 Å². The second-order valence-electron chi connectivity index (χ2n) is 6.23. The molecular weight excluding hydrogens is 248 g/mol. The Bertz CT molecular complexity index is 432. The highest BCUT2D eigenvalue weighted by atomic mass is 15.3. The van der Waals surface area contributed by atoms with Gasteiger partial charge in [0.2, 0.25) is 0 Å². The van der Waals surface area contributed by atoms with E-state index in [9.17, 15) is 0 Å². The van der Waals surface area contributed by atoms with Crippen LogP contribution in [0.3, 0.4) is 0 Å². The summed E-state index contributed by atoms with van der Waals surface area (Å²) >= 11 is 0. The minimum Gasteiger partial charge on any atom is -0.348 e. The van der Waals surface area contributed by atoms with Crippen LogP contribution in [0, 0.1) is 0 Å². The molecule has 1 aromatic heterocycles. The molecule has 1 aliphatic heterocycles. The molecule has 0 atom stereocenters. The molecule has 4 heteroatoms. The van der Waals surface area contributed by atoms with Crippen LogP contribution in [0.15, 0.2) is 12.4 Å². The summed E-state index contributed by atoms with van der Waals surface area (Å²) in [6.07, 6.45) is 10.6. The van der Waals surface area contributed by atoms with Crippen molar-refractivity contribution in [2.75, 3.05) is 24.5 Å². The third-order valence-corrected chi connectivity index (χ3v) is 4.82. The summed E-state index contributed by atoms with van der Waals surface area (Å²) in [6.45, 7) is 5.45. The van der Waals surface area contributed by atoms with Crippen molar-refractivity contribution in [1.82, 2.24) is 15.3 Å². The Balaban J connectivity index is 1.87. The van der Waals surface area contributed by atoms with Gasteiger partial charge in [0.15, 0.2) is 0 Å². The fraction of sp³-hybridized carbons (Fsp3) is 0.750. The first-order valence-electron chi connectivity index (χ1n) is 8.13. The molecule has 4 nitrogen and oxygen atoms in total. The Morgan fingerprint density at radius 2 is 2.10 bits per heavy atom. The van der Waals surface area contributed by atoms with E-state index in [1.54, 1.807) is 6.33 Å². The van der Waals surface area contributed by atoms with Gasteiger partial charge in [-0.3, -0.25) is 0 Å². The monoisotopic (exact) mass is 274 g/mol. The van der Waals surface area contributed by atoms with Gasteiger partial charge in [0.05, 0.1) is 5.54 Å². The quantitative estimate of drug-likeness (QED) is 0.919. The van der Waals surface area contributed by atoms with Crippen molar-refractivity contribution in [2.45, 2.75) is 57.4 Å². The van der Waals surface area contributed by atoms with Crippen LogP contribution in [-0.4, -0.2) is 35.1 Å². The maximum atomic E-state index is 4.58. The number of rotatable bonds is 3. The van der Waals surface area contributed by atoms with Crippen molar-refractivity contribution >= 4 is 5.82 Å². The average Bonchev–Trinajstić information content (AvgIpc) is 2.49. The lowest BCUT2D eigenvalue weighted by Crippen LogP contribution is -2.62. The van der Waals surface area contributed by atoms with Crippen molar-refractivity contribution < 1.29 is 0 Å². The molecule has 1 spiro atoms.